The molecule has 0 radical (unpaired) electrons. The maximum atomic E-state index is 11.6. The van der Waals surface area contributed by atoms with E-state index < -0.39 is 31.8 Å². The van der Waals surface area contributed by atoms with Crippen LogP contribution in [-0.2, 0) is 20.1 Å². The largest absolute Gasteiger partial charge is 0.476 e. The molecular formula is C11H10N2O7S3. The zero-order chi connectivity index (χ0) is 17.4. The van der Waals surface area contributed by atoms with E-state index in [1.807, 2.05) is 0 Å². The first kappa shape index (κ1) is 17.3. The Labute approximate surface area is 135 Å². The highest BCUT2D eigenvalue weighted by atomic mass is 32.2. The van der Waals surface area contributed by atoms with Crippen LogP contribution in [0.5, 0.6) is 0 Å². The van der Waals surface area contributed by atoms with Gasteiger partial charge in [0.15, 0.2) is 15.5 Å². The van der Waals surface area contributed by atoms with Crippen molar-refractivity contribution in [3.05, 3.63) is 35.5 Å². The number of carbonyl (C=O) groups is 1. The van der Waals surface area contributed by atoms with E-state index in [9.17, 15) is 26.2 Å². The lowest BCUT2D eigenvalue weighted by Crippen LogP contribution is -2.26. The summed E-state index contributed by atoms with van der Waals surface area (Å²) in [5, 5.41) is 8.70. The quantitative estimate of drug-likeness (QED) is 0.739. The number of sulfone groups is 1. The summed E-state index contributed by atoms with van der Waals surface area (Å²) in [7, 11) is -8.34. The minimum absolute atomic E-state index is 0.0562. The number of hydrogen-bond donors (Lipinski definition) is 2. The number of benzene rings is 1. The summed E-state index contributed by atoms with van der Waals surface area (Å²) in [6.45, 7) is 0. The molecule has 0 aliphatic carbocycles. The highest BCUT2D eigenvalue weighted by Gasteiger charge is 2.29. The van der Waals surface area contributed by atoms with Crippen LogP contribution >= 0.6 is 11.3 Å². The van der Waals surface area contributed by atoms with Crippen molar-refractivity contribution in [2.24, 2.45) is 0 Å². The fraction of sp³-hybridized carbons (Fsp3) is 0.0909. The summed E-state index contributed by atoms with van der Waals surface area (Å²) in [4.78, 5) is 14.6. The summed E-state index contributed by atoms with van der Waals surface area (Å²) in [6.07, 6.45) is 0.980. The normalized spacial score (nSPS) is 12.1. The molecule has 0 bridgehead atoms. The van der Waals surface area contributed by atoms with Gasteiger partial charge < -0.3 is 5.11 Å². The number of carboxylic acids is 1. The minimum atomic E-state index is -4.85. The van der Waals surface area contributed by atoms with Gasteiger partial charge in [-0.1, -0.05) is 0 Å². The Bertz CT molecular complexity index is 946. The second kappa shape index (κ2) is 5.88. The van der Waals surface area contributed by atoms with Gasteiger partial charge in [0.1, 0.15) is 5.00 Å². The molecule has 0 unspecified atom stereocenters. The molecule has 9 nitrogen and oxygen atoms in total. The molecule has 1 aromatic carbocycles. The number of anilines is 2. The lowest BCUT2D eigenvalue weighted by molar-refractivity contribution is 0.0692. The maximum Gasteiger partial charge on any atom is 0.365 e. The number of carboxylic acid groups (broad SMARTS) is 1. The fourth-order valence-electron chi connectivity index (χ4n) is 1.71. The van der Waals surface area contributed by atoms with Crippen LogP contribution in [0.3, 0.4) is 0 Å². The zero-order valence-electron chi connectivity index (χ0n) is 11.4. The summed E-state index contributed by atoms with van der Waals surface area (Å²) >= 11 is 0.694. The zero-order valence-corrected chi connectivity index (χ0v) is 13.9. The van der Waals surface area contributed by atoms with Gasteiger partial charge in [-0.25, -0.2) is 22.5 Å². The minimum Gasteiger partial charge on any atom is -0.476 e. The van der Waals surface area contributed by atoms with Gasteiger partial charge in [-0.3, -0.25) is 4.55 Å². The molecule has 1 heterocycles. The van der Waals surface area contributed by atoms with Crippen molar-refractivity contribution in [2.75, 3.05) is 10.6 Å². The Balaban J connectivity index is 2.62. The highest BCUT2D eigenvalue weighted by Crippen LogP contribution is 2.34. The predicted molar refractivity (Wildman–Crippen MR) is 82.3 cm³/mol. The van der Waals surface area contributed by atoms with Crippen LogP contribution < -0.4 is 4.31 Å². The van der Waals surface area contributed by atoms with Crippen LogP contribution in [0.15, 0.2) is 34.7 Å². The molecule has 1 aromatic heterocycles. The third kappa shape index (κ3) is 3.67. The van der Waals surface area contributed by atoms with Gasteiger partial charge in [-0.15, -0.1) is 11.3 Å². The third-order valence-electron chi connectivity index (χ3n) is 2.67. The molecule has 0 aliphatic rings. The van der Waals surface area contributed by atoms with Gasteiger partial charge in [0, 0.05) is 6.26 Å². The molecular weight excluding hydrogens is 368 g/mol. The SMILES string of the molecule is CS(=O)(=O)c1ccc(N(c2scnc2C(=O)O)S(=O)(=O)O)cc1. The fourth-order valence-corrected chi connectivity index (χ4v) is 4.15. The van der Waals surface area contributed by atoms with Crippen LogP contribution in [0.2, 0.25) is 0 Å². The van der Waals surface area contributed by atoms with Gasteiger partial charge in [0.25, 0.3) is 0 Å². The van der Waals surface area contributed by atoms with E-state index in [1.165, 1.54) is 0 Å². The van der Waals surface area contributed by atoms with Crippen molar-refractivity contribution in [2.45, 2.75) is 4.90 Å². The molecule has 23 heavy (non-hydrogen) atoms. The van der Waals surface area contributed by atoms with E-state index in [4.69, 9.17) is 5.11 Å². The average molecular weight is 378 g/mol. The van der Waals surface area contributed by atoms with Gasteiger partial charge >= 0.3 is 16.3 Å². The molecule has 0 aliphatic heterocycles. The predicted octanol–water partition coefficient (Wildman–Crippen LogP) is 1.19. The number of thiazole rings is 1. The van der Waals surface area contributed by atoms with Gasteiger partial charge in [0.2, 0.25) is 0 Å². The second-order valence-corrected chi connectivity index (χ2v) is 8.43. The number of nitrogens with zero attached hydrogens (tertiary/aromatic N) is 2. The van der Waals surface area contributed by atoms with E-state index >= 15 is 0 Å². The van der Waals surface area contributed by atoms with E-state index in [1.54, 1.807) is 0 Å². The van der Waals surface area contributed by atoms with E-state index in [0.717, 1.165) is 36.0 Å². The lowest BCUT2D eigenvalue weighted by atomic mass is 10.3. The number of rotatable bonds is 5. The lowest BCUT2D eigenvalue weighted by Gasteiger charge is -2.19. The average Bonchev–Trinajstić information content (AvgIpc) is 2.86. The molecule has 0 saturated carbocycles. The first-order valence-corrected chi connectivity index (χ1v) is 9.93. The number of aromatic nitrogens is 1. The Morgan fingerprint density at radius 2 is 1.74 bits per heavy atom. The molecule has 0 atom stereocenters. The number of hydrogen-bond acceptors (Lipinski definition) is 7. The molecule has 2 rings (SSSR count). The third-order valence-corrected chi connectivity index (χ3v) is 5.57. The van der Waals surface area contributed by atoms with Crippen LogP contribution in [0.1, 0.15) is 10.5 Å². The molecule has 0 amide bonds. The van der Waals surface area contributed by atoms with Crippen molar-refractivity contribution in [1.82, 2.24) is 4.98 Å². The second-order valence-electron chi connectivity index (χ2n) is 4.32. The number of aromatic carboxylic acids is 1. The molecule has 0 saturated heterocycles. The molecule has 124 valence electrons. The van der Waals surface area contributed by atoms with E-state index in [2.05, 4.69) is 4.98 Å². The van der Waals surface area contributed by atoms with Gasteiger partial charge in [-0.05, 0) is 24.3 Å². The van der Waals surface area contributed by atoms with E-state index in [-0.39, 0.29) is 15.6 Å². The van der Waals surface area contributed by atoms with Crippen molar-refractivity contribution >= 4 is 48.1 Å². The Morgan fingerprint density at radius 3 is 2.17 bits per heavy atom. The van der Waals surface area contributed by atoms with Crippen molar-refractivity contribution < 1.29 is 31.3 Å². The summed E-state index contributed by atoms with van der Waals surface area (Å²) in [6, 6.07) is 4.56. The molecule has 2 aromatic rings. The Hall–Kier alpha value is -2.02. The van der Waals surface area contributed by atoms with Crippen LogP contribution in [-0.4, -0.2) is 43.7 Å². The van der Waals surface area contributed by atoms with Crippen LogP contribution in [0.4, 0.5) is 10.7 Å². The highest BCUT2D eigenvalue weighted by molar-refractivity contribution is 7.90. The molecule has 0 fully saturated rings. The van der Waals surface area contributed by atoms with E-state index in [0.29, 0.717) is 15.6 Å². The van der Waals surface area contributed by atoms with Crippen molar-refractivity contribution in [3.8, 4) is 0 Å². The first-order chi connectivity index (χ1) is 10.5. The maximum absolute atomic E-state index is 11.6. The Kier molecular flexibility index (Phi) is 4.43. The van der Waals surface area contributed by atoms with Crippen LogP contribution in [0.25, 0.3) is 0 Å². The Morgan fingerprint density at radius 1 is 1.17 bits per heavy atom. The molecule has 2 N–H and O–H groups in total. The van der Waals surface area contributed by atoms with Gasteiger partial charge in [0.05, 0.1) is 16.1 Å². The van der Waals surface area contributed by atoms with Crippen molar-refractivity contribution in [3.63, 3.8) is 0 Å². The van der Waals surface area contributed by atoms with Gasteiger partial charge in [-0.2, -0.15) is 8.42 Å². The molecule has 12 heteroatoms. The summed E-state index contributed by atoms with van der Waals surface area (Å²) < 4.78 is 55.9. The van der Waals surface area contributed by atoms with Crippen LogP contribution in [0, 0.1) is 0 Å². The standard InChI is InChI=1S/C11H10N2O7S3/c1-22(16,17)8-4-2-7(3-5-8)13(23(18,19)20)10-9(11(14)15)12-6-21-10/h2-6H,1H3,(H,14,15)(H,18,19,20). The van der Waals surface area contributed by atoms with Crippen molar-refractivity contribution in [1.29, 1.82) is 0 Å². The smallest absolute Gasteiger partial charge is 0.365 e. The topological polar surface area (TPSA) is 142 Å². The summed E-state index contributed by atoms with van der Waals surface area (Å²) in [5.74, 6) is -1.47. The first-order valence-electron chi connectivity index (χ1n) is 5.76. The summed E-state index contributed by atoms with van der Waals surface area (Å²) in [5.41, 5.74) is 0.424. The monoisotopic (exact) mass is 378 g/mol. The molecule has 0 spiro atoms.